The van der Waals surface area contributed by atoms with E-state index >= 15 is 0 Å². The predicted octanol–water partition coefficient (Wildman–Crippen LogP) is 9.43. The Morgan fingerprint density at radius 2 is 0.783 bits per heavy atom. The van der Waals surface area contributed by atoms with Gasteiger partial charge in [0.25, 0.3) is 0 Å². The molecule has 6 aromatic rings. The van der Waals surface area contributed by atoms with Crippen molar-refractivity contribution in [3.05, 3.63) is 155 Å². The summed E-state index contributed by atoms with van der Waals surface area (Å²) in [5.74, 6) is 0.742. The Balaban J connectivity index is 0.000000154. The van der Waals surface area contributed by atoms with E-state index in [-0.39, 0.29) is 36.6 Å². The number of fused-ring (bicyclic) bond motifs is 4. The topological polar surface area (TPSA) is 43.4 Å². The summed E-state index contributed by atoms with van der Waals surface area (Å²) in [5.41, 5.74) is 9.27. The summed E-state index contributed by atoms with van der Waals surface area (Å²) in [6, 6.07) is 44.5. The zero-order valence-corrected chi connectivity index (χ0v) is 37.2. The Morgan fingerprint density at radius 3 is 1.15 bits per heavy atom. The van der Waals surface area contributed by atoms with Crippen LogP contribution >= 0.6 is 0 Å². The molecular weight excluding hydrogens is 738 g/mol. The van der Waals surface area contributed by atoms with Crippen molar-refractivity contribution in [2.24, 2.45) is 0 Å². The van der Waals surface area contributed by atoms with Crippen LogP contribution in [0.5, 0.6) is 0 Å². The SMILES string of the molecule is CN1Cc2cc(B3OC(C)(C)C(C)(C)O3)ccc2C(c2ccc3ccccc3c2)C1.CN1Cc2cc(B3OC(C)(C)C(C)(C)O3)ccc2C(c2ccc3ccccc3c2)C1. The molecule has 0 amide bonds. The molecule has 2 saturated heterocycles. The minimum Gasteiger partial charge on any atom is -0.399 e. The summed E-state index contributed by atoms with van der Waals surface area (Å²) in [6.07, 6.45) is 0. The van der Waals surface area contributed by atoms with Crippen molar-refractivity contribution in [1.82, 2.24) is 9.80 Å². The van der Waals surface area contributed by atoms with E-state index in [0.29, 0.717) is 11.8 Å². The van der Waals surface area contributed by atoms with Gasteiger partial charge in [-0.25, -0.2) is 0 Å². The van der Waals surface area contributed by atoms with Crippen molar-refractivity contribution in [2.75, 3.05) is 27.2 Å². The molecule has 0 saturated carbocycles. The predicted molar refractivity (Wildman–Crippen MR) is 249 cm³/mol. The molecule has 6 nitrogen and oxygen atoms in total. The highest BCUT2D eigenvalue weighted by atomic mass is 16.7. The third kappa shape index (κ3) is 7.65. The molecule has 10 rings (SSSR count). The first-order valence-electron chi connectivity index (χ1n) is 21.8. The normalized spacial score (nSPS) is 23.0. The summed E-state index contributed by atoms with van der Waals surface area (Å²) in [7, 11) is 3.79. The first kappa shape index (κ1) is 41.1. The van der Waals surface area contributed by atoms with Crippen molar-refractivity contribution in [1.29, 1.82) is 0 Å². The molecule has 6 aromatic carbocycles. The van der Waals surface area contributed by atoms with Crippen LogP contribution < -0.4 is 10.9 Å². The molecule has 4 heterocycles. The van der Waals surface area contributed by atoms with E-state index in [2.05, 4.69) is 201 Å². The van der Waals surface area contributed by atoms with Crippen LogP contribution in [0.4, 0.5) is 0 Å². The summed E-state index contributed by atoms with van der Waals surface area (Å²) >= 11 is 0. The lowest BCUT2D eigenvalue weighted by molar-refractivity contribution is 0.00578. The zero-order chi connectivity index (χ0) is 42.2. The number of rotatable bonds is 4. The molecule has 2 unspecified atom stereocenters. The lowest BCUT2D eigenvalue weighted by Gasteiger charge is -2.33. The molecule has 0 bridgehead atoms. The third-order valence-electron chi connectivity index (χ3n) is 14.4. The van der Waals surface area contributed by atoms with Gasteiger partial charge in [-0.3, -0.25) is 0 Å². The summed E-state index contributed by atoms with van der Waals surface area (Å²) in [5, 5.41) is 5.20. The molecule has 0 aromatic heterocycles. The summed E-state index contributed by atoms with van der Waals surface area (Å²) < 4.78 is 25.2. The Kier molecular flexibility index (Phi) is 10.5. The maximum absolute atomic E-state index is 6.29. The van der Waals surface area contributed by atoms with Gasteiger partial charge in [-0.2, -0.15) is 0 Å². The highest BCUT2D eigenvalue weighted by Crippen LogP contribution is 2.40. The second kappa shape index (κ2) is 15.3. The van der Waals surface area contributed by atoms with E-state index in [9.17, 15) is 0 Å². The summed E-state index contributed by atoms with van der Waals surface area (Å²) in [6.45, 7) is 20.8. The van der Waals surface area contributed by atoms with Crippen molar-refractivity contribution < 1.29 is 18.6 Å². The largest absolute Gasteiger partial charge is 0.494 e. The Labute approximate surface area is 358 Å². The van der Waals surface area contributed by atoms with Crippen LogP contribution in [-0.4, -0.2) is 73.6 Å². The number of likely N-dealkylation sites (N-methyl/N-ethyl adjacent to an activating group) is 2. The van der Waals surface area contributed by atoms with Gasteiger partial charge in [0.15, 0.2) is 0 Å². The summed E-state index contributed by atoms with van der Waals surface area (Å²) in [4.78, 5) is 4.83. The van der Waals surface area contributed by atoms with E-state index in [1.165, 1.54) is 54.9 Å². The van der Waals surface area contributed by atoms with Gasteiger partial charge in [0.2, 0.25) is 0 Å². The maximum atomic E-state index is 6.29. The third-order valence-corrected chi connectivity index (χ3v) is 14.4. The highest BCUT2D eigenvalue weighted by Gasteiger charge is 2.53. The second-order valence-corrected chi connectivity index (χ2v) is 19.8. The van der Waals surface area contributed by atoms with Crippen molar-refractivity contribution in [3.8, 4) is 0 Å². The molecule has 60 heavy (non-hydrogen) atoms. The van der Waals surface area contributed by atoms with Crippen molar-refractivity contribution in [2.45, 2.75) is 103 Å². The minimum atomic E-state index is -0.321. The molecule has 308 valence electrons. The van der Waals surface area contributed by atoms with Crippen LogP contribution in [0, 0.1) is 0 Å². The molecule has 2 atom stereocenters. The van der Waals surface area contributed by atoms with E-state index < -0.39 is 0 Å². The number of benzene rings is 6. The molecule has 4 aliphatic heterocycles. The van der Waals surface area contributed by atoms with Gasteiger partial charge >= 0.3 is 14.2 Å². The number of hydrogen-bond acceptors (Lipinski definition) is 6. The Morgan fingerprint density at radius 1 is 0.433 bits per heavy atom. The first-order valence-corrected chi connectivity index (χ1v) is 21.8. The Bertz CT molecular complexity index is 2360. The number of hydrogen-bond donors (Lipinski definition) is 0. The van der Waals surface area contributed by atoms with Gasteiger partial charge in [0.05, 0.1) is 22.4 Å². The van der Waals surface area contributed by atoms with Gasteiger partial charge in [0.1, 0.15) is 0 Å². The quantitative estimate of drug-likeness (QED) is 0.166. The monoisotopic (exact) mass is 798 g/mol. The van der Waals surface area contributed by atoms with E-state index in [4.69, 9.17) is 18.6 Å². The van der Waals surface area contributed by atoms with Crippen LogP contribution in [0.1, 0.15) is 101 Å². The van der Waals surface area contributed by atoms with E-state index in [0.717, 1.165) is 37.1 Å². The van der Waals surface area contributed by atoms with E-state index in [1.54, 1.807) is 0 Å². The average molecular weight is 799 g/mol. The van der Waals surface area contributed by atoms with Crippen LogP contribution in [0.3, 0.4) is 0 Å². The molecule has 0 spiro atoms. The smallest absolute Gasteiger partial charge is 0.399 e. The first-order chi connectivity index (χ1) is 28.5. The van der Waals surface area contributed by atoms with Gasteiger partial charge in [0, 0.05) is 38.0 Å². The minimum absolute atomic E-state index is 0.313. The van der Waals surface area contributed by atoms with Crippen LogP contribution in [0.2, 0.25) is 0 Å². The van der Waals surface area contributed by atoms with E-state index in [1.807, 2.05) is 0 Å². The fourth-order valence-corrected chi connectivity index (χ4v) is 9.41. The molecule has 0 radical (unpaired) electrons. The van der Waals surface area contributed by atoms with Crippen LogP contribution in [0.15, 0.2) is 121 Å². The highest BCUT2D eigenvalue weighted by molar-refractivity contribution is 6.62. The zero-order valence-electron chi connectivity index (χ0n) is 37.2. The standard InChI is InChI=1S/2C26H30BNO2/c2*1-25(2)26(3,4)30-27(29-25)22-12-13-23-21(15-22)16-28(5)17-24(23)20-11-10-18-8-6-7-9-19(18)14-20/h2*6-15,24H,16-17H2,1-5H3. The second-order valence-electron chi connectivity index (χ2n) is 19.8. The van der Waals surface area contributed by atoms with Gasteiger partial charge in [-0.05, 0) is 135 Å². The average Bonchev–Trinajstić information content (AvgIpc) is 3.58. The van der Waals surface area contributed by atoms with Gasteiger partial charge in [-0.1, -0.05) is 121 Å². The van der Waals surface area contributed by atoms with Gasteiger partial charge < -0.3 is 28.4 Å². The molecular formula is C52H60B2N2O4. The Hall–Kier alpha value is -4.27. The fourth-order valence-electron chi connectivity index (χ4n) is 9.41. The molecule has 0 N–H and O–H groups in total. The van der Waals surface area contributed by atoms with Crippen LogP contribution in [0.25, 0.3) is 21.5 Å². The number of nitrogens with zero attached hydrogens (tertiary/aromatic N) is 2. The van der Waals surface area contributed by atoms with Crippen LogP contribution in [-0.2, 0) is 31.7 Å². The van der Waals surface area contributed by atoms with Crippen molar-refractivity contribution in [3.63, 3.8) is 0 Å². The molecule has 8 heteroatoms. The maximum Gasteiger partial charge on any atom is 0.494 e. The lowest BCUT2D eigenvalue weighted by Crippen LogP contribution is -2.41. The molecule has 2 fully saturated rings. The molecule has 4 aliphatic rings. The van der Waals surface area contributed by atoms with Crippen molar-refractivity contribution >= 4 is 46.7 Å². The molecule has 0 aliphatic carbocycles. The fraction of sp³-hybridized carbons (Fsp3) is 0.385. The van der Waals surface area contributed by atoms with Gasteiger partial charge in [-0.15, -0.1) is 0 Å². The lowest BCUT2D eigenvalue weighted by atomic mass is 9.75.